The number of fused-ring (bicyclic) bond motifs is 1. The van der Waals surface area contributed by atoms with E-state index in [0.29, 0.717) is 20.6 Å². The summed E-state index contributed by atoms with van der Waals surface area (Å²) in [5.74, 6) is 0.291. The zero-order valence-electron chi connectivity index (χ0n) is 17.5. The van der Waals surface area contributed by atoms with Crippen LogP contribution in [0.2, 0.25) is 0 Å². The standard InChI is InChI=1S/C24H22N2O4S/c1-4-30-23(28)20-15(2)25-24-26(21(20)17-8-6-5-7-9-17)22(27)19(31-24)14-16-10-12-18(29-3)13-11-16/h5-14,21H,4H2,1-3H3/b19-14+. The van der Waals surface area contributed by atoms with E-state index in [-0.39, 0.29) is 12.2 Å². The molecule has 2 aromatic carbocycles. The monoisotopic (exact) mass is 434 g/mol. The Morgan fingerprint density at radius 2 is 1.87 bits per heavy atom. The van der Waals surface area contributed by atoms with Crippen LogP contribution in [0.3, 0.4) is 0 Å². The topological polar surface area (TPSA) is 69.9 Å². The van der Waals surface area contributed by atoms with Crippen molar-refractivity contribution in [2.24, 2.45) is 4.99 Å². The Morgan fingerprint density at radius 1 is 1.16 bits per heavy atom. The molecule has 0 fully saturated rings. The van der Waals surface area contributed by atoms with Crippen LogP contribution in [-0.2, 0) is 9.53 Å². The fraction of sp³-hybridized carbons (Fsp3) is 0.208. The number of nitrogens with zero attached hydrogens (tertiary/aromatic N) is 2. The van der Waals surface area contributed by atoms with Crippen molar-refractivity contribution in [3.63, 3.8) is 0 Å². The number of carbonyl (C=O) groups excluding carboxylic acids is 1. The SMILES string of the molecule is CCOC(=O)C1=C(C)N=c2s/c(=C/c3ccc(OC)cc3)c(=O)n2C1c1ccccc1. The van der Waals surface area contributed by atoms with Gasteiger partial charge in [0.15, 0.2) is 4.80 Å². The number of esters is 1. The molecule has 0 radical (unpaired) electrons. The van der Waals surface area contributed by atoms with Crippen molar-refractivity contribution in [3.05, 3.63) is 96.7 Å². The molecule has 2 heterocycles. The number of allylic oxidation sites excluding steroid dienone is 1. The van der Waals surface area contributed by atoms with E-state index in [9.17, 15) is 9.59 Å². The summed E-state index contributed by atoms with van der Waals surface area (Å²) in [4.78, 5) is 31.4. The second-order valence-corrected chi connectivity index (χ2v) is 8.00. The lowest BCUT2D eigenvalue weighted by molar-refractivity contribution is -0.139. The highest BCUT2D eigenvalue weighted by Gasteiger charge is 2.33. The summed E-state index contributed by atoms with van der Waals surface area (Å²) in [5.41, 5.74) is 2.46. The highest BCUT2D eigenvalue weighted by molar-refractivity contribution is 7.07. The average molecular weight is 435 g/mol. The lowest BCUT2D eigenvalue weighted by atomic mass is 9.96. The molecule has 3 aromatic rings. The van der Waals surface area contributed by atoms with Gasteiger partial charge in [0.1, 0.15) is 5.75 Å². The second kappa shape index (κ2) is 8.73. The van der Waals surface area contributed by atoms with Gasteiger partial charge in [0.2, 0.25) is 0 Å². The molecule has 158 valence electrons. The summed E-state index contributed by atoms with van der Waals surface area (Å²) >= 11 is 1.31. The first-order chi connectivity index (χ1) is 15.0. The van der Waals surface area contributed by atoms with Gasteiger partial charge < -0.3 is 9.47 Å². The first-order valence-corrected chi connectivity index (χ1v) is 10.7. The third-order valence-corrected chi connectivity index (χ3v) is 6.03. The number of carbonyl (C=O) groups is 1. The van der Waals surface area contributed by atoms with Gasteiger partial charge in [-0.2, -0.15) is 0 Å². The van der Waals surface area contributed by atoms with Crippen molar-refractivity contribution >= 4 is 23.4 Å². The number of ether oxygens (including phenoxy) is 2. The number of thiazole rings is 1. The second-order valence-electron chi connectivity index (χ2n) is 6.99. The number of hydrogen-bond donors (Lipinski definition) is 0. The van der Waals surface area contributed by atoms with Crippen LogP contribution in [0.1, 0.15) is 31.0 Å². The van der Waals surface area contributed by atoms with Gasteiger partial charge in [-0.15, -0.1) is 0 Å². The molecule has 0 N–H and O–H groups in total. The largest absolute Gasteiger partial charge is 0.497 e. The van der Waals surface area contributed by atoms with E-state index in [1.807, 2.05) is 60.7 Å². The summed E-state index contributed by atoms with van der Waals surface area (Å²) in [6.45, 7) is 3.79. The highest BCUT2D eigenvalue weighted by atomic mass is 32.1. The minimum absolute atomic E-state index is 0.192. The molecule has 0 aliphatic carbocycles. The van der Waals surface area contributed by atoms with E-state index < -0.39 is 12.0 Å². The lowest BCUT2D eigenvalue weighted by Gasteiger charge is -2.24. The zero-order valence-corrected chi connectivity index (χ0v) is 18.3. The van der Waals surface area contributed by atoms with Gasteiger partial charge in [-0.3, -0.25) is 9.36 Å². The molecule has 31 heavy (non-hydrogen) atoms. The molecule has 0 saturated carbocycles. The number of aromatic nitrogens is 1. The van der Waals surface area contributed by atoms with Crippen molar-refractivity contribution in [2.75, 3.05) is 13.7 Å². The first kappa shape index (κ1) is 20.8. The summed E-state index contributed by atoms with van der Waals surface area (Å²) in [7, 11) is 1.61. The molecule has 0 bridgehead atoms. The van der Waals surface area contributed by atoms with Crippen LogP contribution in [0.15, 0.2) is 75.7 Å². The Balaban J connectivity index is 1.91. The van der Waals surface area contributed by atoms with E-state index in [2.05, 4.69) is 4.99 Å². The summed E-state index contributed by atoms with van der Waals surface area (Å²) < 4.78 is 12.6. The number of hydrogen-bond acceptors (Lipinski definition) is 6. The van der Waals surface area contributed by atoms with Gasteiger partial charge in [-0.25, -0.2) is 9.79 Å². The third kappa shape index (κ3) is 3.96. The average Bonchev–Trinajstić information content (AvgIpc) is 3.08. The Kier molecular flexibility index (Phi) is 5.86. The van der Waals surface area contributed by atoms with Crippen molar-refractivity contribution in [2.45, 2.75) is 19.9 Å². The molecule has 1 aliphatic rings. The number of methoxy groups -OCH3 is 1. The zero-order chi connectivity index (χ0) is 22.0. The fourth-order valence-corrected chi connectivity index (χ4v) is 4.64. The first-order valence-electron chi connectivity index (χ1n) is 9.92. The van der Waals surface area contributed by atoms with Crippen molar-refractivity contribution < 1.29 is 14.3 Å². The summed E-state index contributed by atoms with van der Waals surface area (Å²) in [6.07, 6.45) is 1.83. The van der Waals surface area contributed by atoms with Crippen molar-refractivity contribution in [3.8, 4) is 5.75 Å². The van der Waals surface area contributed by atoms with Crippen molar-refractivity contribution in [1.82, 2.24) is 4.57 Å². The molecule has 0 amide bonds. The summed E-state index contributed by atoms with van der Waals surface area (Å²) in [5, 5.41) is 0. The molecule has 0 spiro atoms. The third-order valence-electron chi connectivity index (χ3n) is 5.05. The van der Waals surface area contributed by atoms with E-state index in [1.54, 1.807) is 25.5 Å². The maximum Gasteiger partial charge on any atom is 0.338 e. The molecule has 4 rings (SSSR count). The molecular weight excluding hydrogens is 412 g/mol. The molecule has 6 nitrogen and oxygen atoms in total. The van der Waals surface area contributed by atoms with Crippen LogP contribution in [0.4, 0.5) is 0 Å². The minimum atomic E-state index is -0.588. The van der Waals surface area contributed by atoms with Crippen LogP contribution < -0.4 is 19.6 Å². The molecule has 0 saturated heterocycles. The van der Waals surface area contributed by atoms with Crippen LogP contribution >= 0.6 is 11.3 Å². The maximum atomic E-state index is 13.4. The molecular formula is C24H22N2O4S. The quantitative estimate of drug-likeness (QED) is 0.579. The van der Waals surface area contributed by atoms with Gasteiger partial charge in [0.05, 0.1) is 35.6 Å². The smallest absolute Gasteiger partial charge is 0.338 e. The fourth-order valence-electron chi connectivity index (χ4n) is 3.59. The minimum Gasteiger partial charge on any atom is -0.497 e. The number of rotatable bonds is 5. The predicted molar refractivity (Wildman–Crippen MR) is 120 cm³/mol. The van der Waals surface area contributed by atoms with Crippen LogP contribution in [0, 0.1) is 0 Å². The van der Waals surface area contributed by atoms with E-state index in [0.717, 1.165) is 16.9 Å². The molecule has 1 unspecified atom stereocenters. The van der Waals surface area contributed by atoms with Gasteiger partial charge in [0, 0.05) is 0 Å². The molecule has 1 atom stereocenters. The maximum absolute atomic E-state index is 13.4. The normalized spacial score (nSPS) is 16.0. The Labute approximate surface area is 183 Å². The van der Waals surface area contributed by atoms with E-state index in [4.69, 9.17) is 9.47 Å². The van der Waals surface area contributed by atoms with Gasteiger partial charge >= 0.3 is 5.97 Å². The Morgan fingerprint density at radius 3 is 2.52 bits per heavy atom. The molecule has 1 aromatic heterocycles. The Bertz CT molecular complexity index is 1320. The summed E-state index contributed by atoms with van der Waals surface area (Å²) in [6, 6.07) is 16.4. The molecule has 1 aliphatic heterocycles. The van der Waals surface area contributed by atoms with Gasteiger partial charge in [-0.05, 0) is 43.2 Å². The van der Waals surface area contributed by atoms with E-state index in [1.165, 1.54) is 11.3 Å². The lowest BCUT2D eigenvalue weighted by Crippen LogP contribution is -2.39. The number of benzene rings is 2. The van der Waals surface area contributed by atoms with Gasteiger partial charge in [-0.1, -0.05) is 53.8 Å². The van der Waals surface area contributed by atoms with E-state index >= 15 is 0 Å². The molecule has 7 heteroatoms. The van der Waals surface area contributed by atoms with Crippen LogP contribution in [0.5, 0.6) is 5.75 Å². The van der Waals surface area contributed by atoms with Gasteiger partial charge in [0.25, 0.3) is 5.56 Å². The van der Waals surface area contributed by atoms with Crippen molar-refractivity contribution in [1.29, 1.82) is 0 Å². The Hall–Kier alpha value is -3.45. The van der Waals surface area contributed by atoms with Crippen LogP contribution in [-0.4, -0.2) is 24.3 Å². The highest BCUT2D eigenvalue weighted by Crippen LogP contribution is 2.30. The van der Waals surface area contributed by atoms with Crippen LogP contribution in [0.25, 0.3) is 6.08 Å². The predicted octanol–water partition coefficient (Wildman–Crippen LogP) is 2.81.